The van der Waals surface area contributed by atoms with Gasteiger partial charge in [0.1, 0.15) is 5.82 Å². The highest BCUT2D eigenvalue weighted by atomic mass is 32.2. The summed E-state index contributed by atoms with van der Waals surface area (Å²) < 4.78 is 14.1. The zero-order valence-corrected chi connectivity index (χ0v) is 12.5. The number of aromatic nitrogens is 2. The number of rotatable bonds is 5. The van der Waals surface area contributed by atoms with E-state index in [1.807, 2.05) is 19.9 Å². The molecule has 2 rings (SSSR count). The molecular weight excluding hydrogens is 273 g/mol. The van der Waals surface area contributed by atoms with E-state index in [2.05, 4.69) is 9.97 Å². The van der Waals surface area contributed by atoms with Crippen LogP contribution in [-0.4, -0.2) is 16.0 Å². The lowest BCUT2D eigenvalue weighted by Crippen LogP contribution is -2.21. The second kappa shape index (κ2) is 6.81. The van der Waals surface area contributed by atoms with Crippen LogP contribution in [0.4, 0.5) is 4.39 Å². The molecule has 1 aromatic heterocycles. The van der Waals surface area contributed by atoms with Crippen LogP contribution in [0.1, 0.15) is 24.5 Å². The maximum atomic E-state index is 14.1. The fourth-order valence-electron chi connectivity index (χ4n) is 1.78. The van der Waals surface area contributed by atoms with Crippen molar-refractivity contribution in [2.24, 2.45) is 5.73 Å². The minimum absolute atomic E-state index is 0.0371. The fourth-order valence-corrected chi connectivity index (χ4v) is 2.62. The van der Waals surface area contributed by atoms with Gasteiger partial charge >= 0.3 is 0 Å². The largest absolute Gasteiger partial charge is 0.327 e. The predicted molar refractivity (Wildman–Crippen MR) is 79.3 cm³/mol. The van der Waals surface area contributed by atoms with Crippen molar-refractivity contribution in [3.05, 3.63) is 47.5 Å². The van der Waals surface area contributed by atoms with Crippen molar-refractivity contribution in [3.63, 3.8) is 0 Å². The van der Waals surface area contributed by atoms with E-state index in [1.54, 1.807) is 18.5 Å². The van der Waals surface area contributed by atoms with Gasteiger partial charge in [0.2, 0.25) is 0 Å². The minimum Gasteiger partial charge on any atom is -0.327 e. The van der Waals surface area contributed by atoms with Crippen molar-refractivity contribution in [3.8, 4) is 0 Å². The van der Waals surface area contributed by atoms with Crippen molar-refractivity contribution in [2.45, 2.75) is 42.8 Å². The van der Waals surface area contributed by atoms with Gasteiger partial charge in [-0.3, -0.25) is 0 Å². The fraction of sp³-hybridized carbons (Fsp3) is 0.333. The molecule has 106 valence electrons. The number of hydrogen-bond donors (Lipinski definition) is 1. The Balaban J connectivity index is 2.27. The van der Waals surface area contributed by atoms with Crippen molar-refractivity contribution in [1.29, 1.82) is 0 Å². The van der Waals surface area contributed by atoms with Crippen LogP contribution < -0.4 is 5.73 Å². The number of hydrogen-bond acceptors (Lipinski definition) is 4. The Bertz CT molecular complexity index is 572. The van der Waals surface area contributed by atoms with E-state index in [9.17, 15) is 4.39 Å². The third-order valence-electron chi connectivity index (χ3n) is 3.01. The zero-order chi connectivity index (χ0) is 14.5. The molecule has 3 nitrogen and oxygen atoms in total. The third kappa shape index (κ3) is 3.77. The van der Waals surface area contributed by atoms with Crippen LogP contribution in [0.15, 0.2) is 40.6 Å². The van der Waals surface area contributed by atoms with Crippen molar-refractivity contribution in [2.75, 3.05) is 0 Å². The van der Waals surface area contributed by atoms with Crippen LogP contribution in [0.5, 0.6) is 0 Å². The highest BCUT2D eigenvalue weighted by Crippen LogP contribution is 2.31. The Morgan fingerprint density at radius 1 is 1.30 bits per heavy atom. The van der Waals surface area contributed by atoms with Crippen LogP contribution in [0.3, 0.4) is 0 Å². The van der Waals surface area contributed by atoms with Crippen LogP contribution >= 0.6 is 11.8 Å². The maximum absolute atomic E-state index is 14.1. The molecule has 0 spiro atoms. The molecule has 0 aliphatic heterocycles. The number of benzene rings is 1. The van der Waals surface area contributed by atoms with Gasteiger partial charge < -0.3 is 5.73 Å². The third-order valence-corrected chi connectivity index (χ3v) is 4.06. The molecule has 0 bridgehead atoms. The molecule has 2 aromatic rings. The molecule has 0 aliphatic carbocycles. The first kappa shape index (κ1) is 14.9. The van der Waals surface area contributed by atoms with Crippen molar-refractivity contribution >= 4 is 11.8 Å². The molecule has 0 radical (unpaired) electrons. The molecule has 0 amide bonds. The predicted octanol–water partition coefficient (Wildman–Crippen LogP) is 3.36. The molecular formula is C15H18FN3S. The van der Waals surface area contributed by atoms with Gasteiger partial charge in [-0.15, -0.1) is 0 Å². The minimum atomic E-state index is -0.250. The molecule has 2 N–H and O–H groups in total. The Hall–Kier alpha value is -1.46. The van der Waals surface area contributed by atoms with Gasteiger partial charge in [-0.05, 0) is 48.7 Å². The molecule has 1 atom stereocenters. The van der Waals surface area contributed by atoms with E-state index in [0.717, 1.165) is 17.5 Å². The van der Waals surface area contributed by atoms with Gasteiger partial charge in [-0.1, -0.05) is 19.1 Å². The molecule has 20 heavy (non-hydrogen) atoms. The lowest BCUT2D eigenvalue weighted by Gasteiger charge is -2.13. The van der Waals surface area contributed by atoms with Gasteiger partial charge in [-0.2, -0.15) is 0 Å². The molecule has 1 heterocycles. The molecule has 1 unspecified atom stereocenters. The molecule has 0 saturated carbocycles. The summed E-state index contributed by atoms with van der Waals surface area (Å²) in [5, 5.41) is 0.548. The van der Waals surface area contributed by atoms with Crippen LogP contribution in [0, 0.1) is 12.7 Å². The number of halogens is 1. The topological polar surface area (TPSA) is 51.8 Å². The van der Waals surface area contributed by atoms with Gasteiger partial charge in [0.25, 0.3) is 0 Å². The first-order chi connectivity index (χ1) is 9.60. The molecule has 0 fully saturated rings. The number of nitrogens with zero attached hydrogens (tertiary/aromatic N) is 2. The van der Waals surface area contributed by atoms with E-state index < -0.39 is 0 Å². The van der Waals surface area contributed by atoms with Crippen molar-refractivity contribution < 1.29 is 4.39 Å². The second-order valence-corrected chi connectivity index (χ2v) is 5.72. The molecule has 5 heteroatoms. The summed E-state index contributed by atoms with van der Waals surface area (Å²) in [5.41, 5.74) is 7.87. The van der Waals surface area contributed by atoms with Crippen LogP contribution in [0.25, 0.3) is 0 Å². The highest BCUT2D eigenvalue weighted by molar-refractivity contribution is 7.99. The van der Waals surface area contributed by atoms with E-state index in [4.69, 9.17) is 5.73 Å². The smallest absolute Gasteiger partial charge is 0.192 e. The summed E-state index contributed by atoms with van der Waals surface area (Å²) in [4.78, 5) is 8.99. The van der Waals surface area contributed by atoms with Gasteiger partial charge in [0, 0.05) is 18.4 Å². The summed E-state index contributed by atoms with van der Waals surface area (Å²) in [5.74, 6) is -0.250. The first-order valence-electron chi connectivity index (χ1n) is 6.59. The average Bonchev–Trinajstić information content (AvgIpc) is 2.44. The Morgan fingerprint density at radius 2 is 2.00 bits per heavy atom. The van der Waals surface area contributed by atoms with Crippen LogP contribution in [0.2, 0.25) is 0 Å². The van der Waals surface area contributed by atoms with E-state index in [-0.39, 0.29) is 11.9 Å². The second-order valence-electron chi connectivity index (χ2n) is 4.75. The zero-order valence-electron chi connectivity index (χ0n) is 11.6. The van der Waals surface area contributed by atoms with E-state index in [0.29, 0.717) is 16.5 Å². The molecule has 0 aliphatic rings. The van der Waals surface area contributed by atoms with Gasteiger partial charge in [-0.25, -0.2) is 14.4 Å². The number of aryl methyl sites for hydroxylation is 1. The standard InChI is InChI=1S/C15H18FN3S/c1-3-12(17)7-11-5-4-6-13(16)14(11)20-15-18-8-10(2)9-19-15/h4-6,8-9,12H,3,7,17H2,1-2H3. The first-order valence-corrected chi connectivity index (χ1v) is 7.41. The summed E-state index contributed by atoms with van der Waals surface area (Å²) >= 11 is 1.25. The van der Waals surface area contributed by atoms with Gasteiger partial charge in [0.15, 0.2) is 5.16 Å². The van der Waals surface area contributed by atoms with Crippen LogP contribution in [-0.2, 0) is 6.42 Å². The van der Waals surface area contributed by atoms with E-state index in [1.165, 1.54) is 17.8 Å². The summed E-state index contributed by atoms with van der Waals surface area (Å²) in [6, 6.07) is 5.12. The lowest BCUT2D eigenvalue weighted by atomic mass is 10.0. The summed E-state index contributed by atoms with van der Waals surface area (Å²) in [7, 11) is 0. The summed E-state index contributed by atoms with van der Waals surface area (Å²) in [6.45, 7) is 3.95. The Kier molecular flexibility index (Phi) is 5.09. The average molecular weight is 291 g/mol. The van der Waals surface area contributed by atoms with Gasteiger partial charge in [0.05, 0.1) is 4.90 Å². The Labute approximate surface area is 122 Å². The summed E-state index contributed by atoms with van der Waals surface area (Å²) in [6.07, 6.45) is 4.98. The number of nitrogens with two attached hydrogens (primary N) is 1. The van der Waals surface area contributed by atoms with E-state index >= 15 is 0 Å². The normalized spacial score (nSPS) is 12.4. The van der Waals surface area contributed by atoms with Crippen molar-refractivity contribution in [1.82, 2.24) is 9.97 Å². The molecule has 1 aromatic carbocycles. The highest BCUT2D eigenvalue weighted by Gasteiger charge is 2.13. The maximum Gasteiger partial charge on any atom is 0.192 e. The molecule has 0 saturated heterocycles. The quantitative estimate of drug-likeness (QED) is 0.858. The SMILES string of the molecule is CCC(N)Cc1cccc(F)c1Sc1ncc(C)cn1. The Morgan fingerprint density at radius 3 is 2.65 bits per heavy atom. The monoisotopic (exact) mass is 291 g/mol. The lowest BCUT2D eigenvalue weighted by molar-refractivity contribution is 0.585.